The Morgan fingerprint density at radius 1 is 0.946 bits per heavy atom. The first-order valence-corrected chi connectivity index (χ1v) is 13.9. The number of amides is 2. The third kappa shape index (κ3) is 7.11. The molecule has 1 atom stereocenters. The van der Waals surface area contributed by atoms with Crippen molar-refractivity contribution in [2.24, 2.45) is 0 Å². The van der Waals surface area contributed by atoms with Crippen LogP contribution in [-0.4, -0.2) is 51.3 Å². The van der Waals surface area contributed by atoms with Crippen molar-refractivity contribution in [3.8, 4) is 0 Å². The quantitative estimate of drug-likeness (QED) is 0.389. The van der Waals surface area contributed by atoms with Crippen molar-refractivity contribution < 1.29 is 18.0 Å². The van der Waals surface area contributed by atoms with Crippen LogP contribution in [0.15, 0.2) is 83.8 Å². The van der Waals surface area contributed by atoms with Gasteiger partial charge in [0.05, 0.1) is 10.6 Å². The molecule has 0 bridgehead atoms. The maximum atomic E-state index is 13.8. The summed E-state index contributed by atoms with van der Waals surface area (Å²) >= 11 is 5.97. The van der Waals surface area contributed by atoms with E-state index < -0.39 is 28.5 Å². The summed E-state index contributed by atoms with van der Waals surface area (Å²) in [4.78, 5) is 28.0. The van der Waals surface area contributed by atoms with Crippen LogP contribution in [0, 0.1) is 6.92 Å². The van der Waals surface area contributed by atoms with Gasteiger partial charge in [-0.3, -0.25) is 13.9 Å². The van der Waals surface area contributed by atoms with Gasteiger partial charge in [-0.1, -0.05) is 66.6 Å². The SMILES string of the molecule is CCC(C(=O)NC)N(CCc1ccccc1)C(=O)CN(c1ccc(C)cc1)S(=O)(=O)c1ccc(Cl)cc1. The average molecular weight is 542 g/mol. The van der Waals surface area contributed by atoms with E-state index in [1.807, 2.05) is 44.2 Å². The Morgan fingerprint density at radius 2 is 1.57 bits per heavy atom. The third-order valence-electron chi connectivity index (χ3n) is 6.12. The minimum atomic E-state index is -4.11. The highest BCUT2D eigenvalue weighted by molar-refractivity contribution is 7.92. The van der Waals surface area contributed by atoms with Crippen molar-refractivity contribution in [1.82, 2.24) is 10.2 Å². The molecule has 0 saturated carbocycles. The van der Waals surface area contributed by atoms with Gasteiger partial charge in [0, 0.05) is 18.6 Å². The summed E-state index contributed by atoms with van der Waals surface area (Å²) in [5.41, 5.74) is 2.32. The monoisotopic (exact) mass is 541 g/mol. The molecule has 1 N–H and O–H groups in total. The maximum absolute atomic E-state index is 13.8. The van der Waals surface area contributed by atoms with Gasteiger partial charge in [-0.05, 0) is 61.7 Å². The summed E-state index contributed by atoms with van der Waals surface area (Å²) in [6.45, 7) is 3.52. The molecule has 7 nitrogen and oxygen atoms in total. The van der Waals surface area contributed by atoms with Crippen LogP contribution in [0.25, 0.3) is 0 Å². The van der Waals surface area contributed by atoms with Crippen LogP contribution >= 0.6 is 11.6 Å². The lowest BCUT2D eigenvalue weighted by Gasteiger charge is -2.33. The molecule has 0 radical (unpaired) electrons. The zero-order chi connectivity index (χ0) is 27.0. The first-order chi connectivity index (χ1) is 17.7. The zero-order valence-corrected chi connectivity index (χ0v) is 22.8. The molecule has 1 unspecified atom stereocenters. The lowest BCUT2D eigenvalue weighted by Crippen LogP contribution is -2.52. The fraction of sp³-hybridized carbons (Fsp3) is 0.286. The Morgan fingerprint density at radius 3 is 2.14 bits per heavy atom. The van der Waals surface area contributed by atoms with Gasteiger partial charge >= 0.3 is 0 Å². The highest BCUT2D eigenvalue weighted by atomic mass is 35.5. The normalized spacial score (nSPS) is 12.0. The molecule has 3 rings (SSSR count). The summed E-state index contributed by atoms with van der Waals surface area (Å²) in [6.07, 6.45) is 0.906. The smallest absolute Gasteiger partial charge is 0.264 e. The van der Waals surface area contributed by atoms with Gasteiger partial charge in [-0.25, -0.2) is 8.42 Å². The number of sulfonamides is 1. The second-order valence-electron chi connectivity index (χ2n) is 8.66. The van der Waals surface area contributed by atoms with Crippen LogP contribution in [-0.2, 0) is 26.0 Å². The zero-order valence-electron chi connectivity index (χ0n) is 21.2. The number of carbonyl (C=O) groups is 2. The van der Waals surface area contributed by atoms with E-state index in [1.54, 1.807) is 24.3 Å². The van der Waals surface area contributed by atoms with E-state index in [0.717, 1.165) is 15.4 Å². The molecular formula is C28H32ClN3O4S. The van der Waals surface area contributed by atoms with E-state index in [-0.39, 0.29) is 17.3 Å². The number of benzene rings is 3. The minimum Gasteiger partial charge on any atom is -0.357 e. The number of anilines is 1. The van der Waals surface area contributed by atoms with E-state index in [9.17, 15) is 18.0 Å². The number of nitrogens with one attached hydrogen (secondary N) is 1. The third-order valence-corrected chi connectivity index (χ3v) is 8.16. The summed E-state index contributed by atoms with van der Waals surface area (Å²) in [7, 11) is -2.59. The molecule has 0 aliphatic carbocycles. The van der Waals surface area contributed by atoms with Crippen LogP contribution in [0.1, 0.15) is 24.5 Å². The minimum absolute atomic E-state index is 0.0134. The molecule has 0 aliphatic heterocycles. The molecule has 3 aromatic rings. The fourth-order valence-electron chi connectivity index (χ4n) is 4.04. The van der Waals surface area contributed by atoms with Crippen LogP contribution < -0.4 is 9.62 Å². The highest BCUT2D eigenvalue weighted by Gasteiger charge is 2.33. The molecule has 37 heavy (non-hydrogen) atoms. The molecule has 9 heteroatoms. The van der Waals surface area contributed by atoms with Crippen LogP contribution in [0.5, 0.6) is 0 Å². The predicted molar refractivity (Wildman–Crippen MR) is 147 cm³/mol. The molecule has 196 valence electrons. The molecule has 3 aromatic carbocycles. The average Bonchev–Trinajstić information content (AvgIpc) is 2.90. The van der Waals surface area contributed by atoms with E-state index in [4.69, 9.17) is 11.6 Å². The molecule has 0 aromatic heterocycles. The van der Waals surface area contributed by atoms with Crippen LogP contribution in [0.2, 0.25) is 5.02 Å². The standard InChI is InChI=1S/C28H32ClN3O4S/c1-4-26(28(34)30-3)31(19-18-22-8-6-5-7-9-22)27(33)20-32(24-14-10-21(2)11-15-24)37(35,36)25-16-12-23(29)13-17-25/h5-17,26H,4,18-20H2,1-3H3,(H,30,34). The van der Waals surface area contributed by atoms with Crippen molar-refractivity contribution in [3.05, 3.63) is 95.0 Å². The second-order valence-corrected chi connectivity index (χ2v) is 11.0. The second kappa shape index (κ2) is 12.7. The lowest BCUT2D eigenvalue weighted by atomic mass is 10.1. The van der Waals surface area contributed by atoms with Crippen molar-refractivity contribution >= 4 is 39.1 Å². The molecule has 0 aliphatic rings. The Bertz CT molecular complexity index is 1300. The summed E-state index contributed by atoms with van der Waals surface area (Å²) in [5, 5.41) is 3.03. The molecular weight excluding hydrogens is 510 g/mol. The van der Waals surface area contributed by atoms with Gasteiger partial charge in [-0.2, -0.15) is 0 Å². The lowest BCUT2D eigenvalue weighted by molar-refractivity contribution is -0.139. The first-order valence-electron chi connectivity index (χ1n) is 12.1. The number of rotatable bonds is 11. The summed E-state index contributed by atoms with van der Waals surface area (Å²) in [5.74, 6) is -0.768. The van der Waals surface area contributed by atoms with Crippen molar-refractivity contribution in [2.75, 3.05) is 24.4 Å². The van der Waals surface area contributed by atoms with E-state index in [1.165, 1.54) is 36.2 Å². The molecule has 0 spiro atoms. The number of likely N-dealkylation sites (N-methyl/N-ethyl adjacent to an activating group) is 1. The topological polar surface area (TPSA) is 86.8 Å². The van der Waals surface area contributed by atoms with Crippen molar-refractivity contribution in [2.45, 2.75) is 37.6 Å². The van der Waals surface area contributed by atoms with Gasteiger partial charge in [0.15, 0.2) is 0 Å². The van der Waals surface area contributed by atoms with Crippen molar-refractivity contribution in [3.63, 3.8) is 0 Å². The Labute approximate surface area is 224 Å². The van der Waals surface area contributed by atoms with E-state index >= 15 is 0 Å². The molecule has 0 heterocycles. The summed E-state index contributed by atoms with van der Waals surface area (Å²) < 4.78 is 28.5. The number of hydrogen-bond donors (Lipinski definition) is 1. The predicted octanol–water partition coefficient (Wildman–Crippen LogP) is 4.44. The highest BCUT2D eigenvalue weighted by Crippen LogP contribution is 2.26. The number of aryl methyl sites for hydroxylation is 1. The van der Waals surface area contributed by atoms with Gasteiger partial charge in [0.2, 0.25) is 11.8 Å². The van der Waals surface area contributed by atoms with Crippen LogP contribution in [0.4, 0.5) is 5.69 Å². The Kier molecular flexibility index (Phi) is 9.72. The van der Waals surface area contributed by atoms with Gasteiger partial charge in [-0.15, -0.1) is 0 Å². The molecule has 2 amide bonds. The number of nitrogens with zero attached hydrogens (tertiary/aromatic N) is 2. The first kappa shape index (κ1) is 28.2. The molecule has 0 saturated heterocycles. The van der Waals surface area contributed by atoms with Gasteiger partial charge in [0.1, 0.15) is 12.6 Å². The number of halogens is 1. The van der Waals surface area contributed by atoms with Gasteiger partial charge < -0.3 is 10.2 Å². The maximum Gasteiger partial charge on any atom is 0.264 e. The van der Waals surface area contributed by atoms with E-state index in [2.05, 4.69) is 5.32 Å². The van der Waals surface area contributed by atoms with Gasteiger partial charge in [0.25, 0.3) is 10.0 Å². The van der Waals surface area contributed by atoms with Crippen molar-refractivity contribution in [1.29, 1.82) is 0 Å². The number of hydrogen-bond acceptors (Lipinski definition) is 4. The van der Waals surface area contributed by atoms with Crippen LogP contribution in [0.3, 0.4) is 0 Å². The summed E-state index contributed by atoms with van der Waals surface area (Å²) in [6, 6.07) is 21.6. The van der Waals surface area contributed by atoms with E-state index in [0.29, 0.717) is 23.6 Å². The Balaban J connectivity index is 1.99. The Hall–Kier alpha value is -3.36. The largest absolute Gasteiger partial charge is 0.357 e. The number of carbonyl (C=O) groups excluding carboxylic acids is 2. The fourth-order valence-corrected chi connectivity index (χ4v) is 5.58. The molecule has 0 fully saturated rings.